The Morgan fingerprint density at radius 3 is 2.63 bits per heavy atom. The molecule has 2 aromatic rings. The molecule has 0 aliphatic carbocycles. The fourth-order valence-corrected chi connectivity index (χ4v) is 3.47. The summed E-state index contributed by atoms with van der Waals surface area (Å²) in [5, 5.41) is 2.95. The highest BCUT2D eigenvalue weighted by Gasteiger charge is 2.33. The standard InChI is InChI=1S/C22H26N2O3/c1-3-6-21(25)24-14-5-9-20(24)22(26)23-18-12-10-16(11-13-18)17-7-4-8-19(15-17)27-2/h4,7-8,10-13,15,20H,3,5-6,9,14H2,1-2H3,(H,23,26)/t20-/m1/s1. The smallest absolute Gasteiger partial charge is 0.247 e. The number of hydrogen-bond acceptors (Lipinski definition) is 3. The van der Waals surface area contributed by atoms with Crippen molar-refractivity contribution >= 4 is 17.5 Å². The van der Waals surface area contributed by atoms with Gasteiger partial charge in [0.2, 0.25) is 11.8 Å². The van der Waals surface area contributed by atoms with Gasteiger partial charge in [-0.15, -0.1) is 0 Å². The van der Waals surface area contributed by atoms with E-state index in [4.69, 9.17) is 4.74 Å². The predicted octanol–water partition coefficient (Wildman–Crippen LogP) is 4.09. The van der Waals surface area contributed by atoms with Crippen molar-refractivity contribution in [2.24, 2.45) is 0 Å². The zero-order chi connectivity index (χ0) is 19.2. The average molecular weight is 366 g/mol. The summed E-state index contributed by atoms with van der Waals surface area (Å²) < 4.78 is 5.27. The Kier molecular flexibility index (Phi) is 6.12. The summed E-state index contributed by atoms with van der Waals surface area (Å²) in [6, 6.07) is 15.2. The summed E-state index contributed by atoms with van der Waals surface area (Å²) in [6.45, 7) is 2.65. The van der Waals surface area contributed by atoms with Crippen molar-refractivity contribution in [2.45, 2.75) is 38.6 Å². The van der Waals surface area contributed by atoms with Crippen molar-refractivity contribution in [3.63, 3.8) is 0 Å². The SMILES string of the molecule is CCCC(=O)N1CCC[C@@H]1C(=O)Nc1ccc(-c2cccc(OC)c2)cc1. The van der Waals surface area contributed by atoms with Crippen molar-refractivity contribution in [1.82, 2.24) is 4.90 Å². The molecule has 27 heavy (non-hydrogen) atoms. The van der Waals surface area contributed by atoms with Gasteiger partial charge in [-0.3, -0.25) is 9.59 Å². The molecular formula is C22H26N2O3. The van der Waals surface area contributed by atoms with Crippen molar-refractivity contribution < 1.29 is 14.3 Å². The molecule has 5 heteroatoms. The van der Waals surface area contributed by atoms with Crippen LogP contribution in [0.3, 0.4) is 0 Å². The molecule has 0 bridgehead atoms. The number of methoxy groups -OCH3 is 1. The highest BCUT2D eigenvalue weighted by Crippen LogP contribution is 2.26. The Bertz CT molecular complexity index is 801. The normalized spacial score (nSPS) is 16.2. The van der Waals surface area contributed by atoms with Gasteiger partial charge < -0.3 is 15.0 Å². The predicted molar refractivity (Wildman–Crippen MR) is 107 cm³/mol. The Morgan fingerprint density at radius 1 is 1.15 bits per heavy atom. The number of nitrogens with one attached hydrogen (secondary N) is 1. The Morgan fingerprint density at radius 2 is 1.93 bits per heavy atom. The van der Waals surface area contributed by atoms with Crippen molar-refractivity contribution in [3.05, 3.63) is 48.5 Å². The second-order valence-corrected chi connectivity index (χ2v) is 6.79. The van der Waals surface area contributed by atoms with E-state index in [1.807, 2.05) is 55.5 Å². The second-order valence-electron chi connectivity index (χ2n) is 6.79. The molecule has 2 aromatic carbocycles. The first-order chi connectivity index (χ1) is 13.1. The molecule has 1 aliphatic heterocycles. The summed E-state index contributed by atoms with van der Waals surface area (Å²) in [4.78, 5) is 26.6. The van der Waals surface area contributed by atoms with Crippen LogP contribution in [0.2, 0.25) is 0 Å². The zero-order valence-electron chi connectivity index (χ0n) is 15.9. The summed E-state index contributed by atoms with van der Waals surface area (Å²) in [6.07, 6.45) is 2.90. The summed E-state index contributed by atoms with van der Waals surface area (Å²) >= 11 is 0. The molecule has 1 aliphatic rings. The molecule has 0 radical (unpaired) electrons. The maximum Gasteiger partial charge on any atom is 0.247 e. The van der Waals surface area contributed by atoms with E-state index in [1.54, 1.807) is 12.0 Å². The number of likely N-dealkylation sites (tertiary alicyclic amines) is 1. The molecule has 2 amide bonds. The lowest BCUT2D eigenvalue weighted by Crippen LogP contribution is -2.43. The minimum absolute atomic E-state index is 0.0727. The van der Waals surface area contributed by atoms with Gasteiger partial charge in [0.05, 0.1) is 7.11 Å². The van der Waals surface area contributed by atoms with Crippen LogP contribution in [-0.2, 0) is 9.59 Å². The Hall–Kier alpha value is -2.82. The molecule has 5 nitrogen and oxygen atoms in total. The molecule has 142 valence electrons. The van der Waals surface area contributed by atoms with Crippen molar-refractivity contribution in [3.8, 4) is 16.9 Å². The van der Waals surface area contributed by atoms with Gasteiger partial charge in [0.1, 0.15) is 11.8 Å². The van der Waals surface area contributed by atoms with Crippen LogP contribution >= 0.6 is 0 Å². The van der Waals surface area contributed by atoms with E-state index in [-0.39, 0.29) is 17.9 Å². The van der Waals surface area contributed by atoms with Gasteiger partial charge >= 0.3 is 0 Å². The van der Waals surface area contributed by atoms with Crippen LogP contribution < -0.4 is 10.1 Å². The number of carbonyl (C=O) groups excluding carboxylic acids is 2. The van der Waals surface area contributed by atoms with Gasteiger partial charge in [-0.1, -0.05) is 31.2 Å². The number of ether oxygens (including phenoxy) is 1. The van der Waals surface area contributed by atoms with E-state index >= 15 is 0 Å². The first-order valence-corrected chi connectivity index (χ1v) is 9.47. The summed E-state index contributed by atoms with van der Waals surface area (Å²) in [7, 11) is 1.65. The van der Waals surface area contributed by atoms with Crippen LogP contribution in [-0.4, -0.2) is 36.4 Å². The molecule has 0 unspecified atom stereocenters. The molecule has 3 rings (SSSR count). The highest BCUT2D eigenvalue weighted by molar-refractivity contribution is 5.97. The van der Waals surface area contributed by atoms with Gasteiger partial charge in [-0.05, 0) is 54.7 Å². The summed E-state index contributed by atoms with van der Waals surface area (Å²) in [5.41, 5.74) is 2.84. The molecule has 1 atom stereocenters. The van der Waals surface area contributed by atoms with Crippen LogP contribution in [0.5, 0.6) is 5.75 Å². The Labute approximate surface area is 160 Å². The van der Waals surface area contributed by atoms with Crippen molar-refractivity contribution in [1.29, 1.82) is 0 Å². The lowest BCUT2D eigenvalue weighted by molar-refractivity contribution is -0.136. The molecule has 0 saturated carbocycles. The fourth-order valence-electron chi connectivity index (χ4n) is 3.47. The molecule has 1 N–H and O–H groups in total. The number of nitrogens with zero attached hydrogens (tertiary/aromatic N) is 1. The van der Waals surface area contributed by atoms with E-state index in [2.05, 4.69) is 5.32 Å². The van der Waals surface area contributed by atoms with Gasteiger partial charge in [-0.2, -0.15) is 0 Å². The van der Waals surface area contributed by atoms with Crippen LogP contribution in [0, 0.1) is 0 Å². The average Bonchev–Trinajstić information content (AvgIpc) is 3.19. The first kappa shape index (κ1) is 19.0. The minimum Gasteiger partial charge on any atom is -0.497 e. The van der Waals surface area contributed by atoms with Crippen LogP contribution in [0.1, 0.15) is 32.6 Å². The van der Waals surface area contributed by atoms with E-state index in [0.717, 1.165) is 41.8 Å². The first-order valence-electron chi connectivity index (χ1n) is 9.47. The molecule has 1 heterocycles. The van der Waals surface area contributed by atoms with Crippen LogP contribution in [0.4, 0.5) is 5.69 Å². The van der Waals surface area contributed by atoms with Gasteiger partial charge in [0.15, 0.2) is 0 Å². The van der Waals surface area contributed by atoms with E-state index < -0.39 is 0 Å². The quantitative estimate of drug-likeness (QED) is 0.838. The lowest BCUT2D eigenvalue weighted by atomic mass is 10.0. The number of anilines is 1. The second kappa shape index (κ2) is 8.71. The lowest BCUT2D eigenvalue weighted by Gasteiger charge is -2.24. The van der Waals surface area contributed by atoms with Gasteiger partial charge in [0.25, 0.3) is 0 Å². The largest absolute Gasteiger partial charge is 0.497 e. The van der Waals surface area contributed by atoms with Crippen LogP contribution in [0.25, 0.3) is 11.1 Å². The number of amides is 2. The number of rotatable bonds is 6. The number of benzene rings is 2. The third-order valence-electron chi connectivity index (χ3n) is 4.90. The maximum absolute atomic E-state index is 12.7. The zero-order valence-corrected chi connectivity index (χ0v) is 15.9. The minimum atomic E-state index is -0.359. The third-order valence-corrected chi connectivity index (χ3v) is 4.90. The monoisotopic (exact) mass is 366 g/mol. The van der Waals surface area contributed by atoms with E-state index in [0.29, 0.717) is 13.0 Å². The van der Waals surface area contributed by atoms with Gasteiger partial charge in [-0.25, -0.2) is 0 Å². The molecular weight excluding hydrogens is 340 g/mol. The number of carbonyl (C=O) groups is 2. The molecule has 0 spiro atoms. The highest BCUT2D eigenvalue weighted by atomic mass is 16.5. The van der Waals surface area contributed by atoms with Gasteiger partial charge in [0, 0.05) is 18.7 Å². The number of hydrogen-bond donors (Lipinski definition) is 1. The summed E-state index contributed by atoms with van der Waals surface area (Å²) in [5.74, 6) is 0.776. The van der Waals surface area contributed by atoms with E-state index in [9.17, 15) is 9.59 Å². The Balaban J connectivity index is 1.67. The van der Waals surface area contributed by atoms with Crippen molar-refractivity contribution in [2.75, 3.05) is 19.0 Å². The third kappa shape index (κ3) is 4.48. The molecule has 1 saturated heterocycles. The van der Waals surface area contributed by atoms with Crippen LogP contribution in [0.15, 0.2) is 48.5 Å². The topological polar surface area (TPSA) is 58.6 Å². The fraction of sp³-hybridized carbons (Fsp3) is 0.364. The molecule has 1 fully saturated rings. The molecule has 0 aromatic heterocycles. The van der Waals surface area contributed by atoms with E-state index in [1.165, 1.54) is 0 Å². The maximum atomic E-state index is 12.7.